The lowest BCUT2D eigenvalue weighted by atomic mass is 10.2. The van der Waals surface area contributed by atoms with Crippen LogP contribution in [0.5, 0.6) is 0 Å². The molecule has 0 saturated heterocycles. The molecule has 0 aliphatic carbocycles. The van der Waals surface area contributed by atoms with Gasteiger partial charge in [-0.1, -0.05) is 127 Å². The minimum Gasteiger partial charge on any atom is -0.290 e. The molecular weight excluding hydrogens is 383 g/mol. The van der Waals surface area contributed by atoms with Crippen LogP contribution in [0.4, 0.5) is 0 Å². The van der Waals surface area contributed by atoms with Crippen molar-refractivity contribution in [1.82, 2.24) is 0 Å². The highest BCUT2D eigenvalue weighted by atomic mass is 31.2. The van der Waals surface area contributed by atoms with E-state index >= 15 is 0 Å². The fourth-order valence-electron chi connectivity index (χ4n) is 3.64. The number of carbonyl (C=O) groups excluding carboxylic acids is 1. The van der Waals surface area contributed by atoms with Gasteiger partial charge in [0.15, 0.2) is 5.78 Å². The Hall–Kier alpha value is -3.41. The Bertz CT molecular complexity index is 1080. The summed E-state index contributed by atoms with van der Waals surface area (Å²) >= 11 is 0. The van der Waals surface area contributed by atoms with Crippen LogP contribution in [0.15, 0.2) is 127 Å². The van der Waals surface area contributed by atoms with Gasteiger partial charge in [-0.25, -0.2) is 0 Å². The van der Waals surface area contributed by atoms with E-state index in [1.807, 2.05) is 96.8 Å². The molecule has 0 amide bonds. The van der Waals surface area contributed by atoms with Gasteiger partial charge in [0.2, 0.25) is 0 Å². The largest absolute Gasteiger partial charge is 0.290 e. The van der Waals surface area contributed by atoms with E-state index < -0.39 is 6.89 Å². The number of hydrogen-bond donors (Lipinski definition) is 0. The highest BCUT2D eigenvalue weighted by molar-refractivity contribution is 7.95. The molecule has 4 rings (SSSR count). The zero-order valence-corrected chi connectivity index (χ0v) is 17.5. The van der Waals surface area contributed by atoms with E-state index in [0.29, 0.717) is 0 Å². The van der Waals surface area contributed by atoms with Gasteiger partial charge in [-0.05, 0) is 40.2 Å². The number of hydrogen-bond acceptors (Lipinski definition) is 1. The molecule has 4 aromatic rings. The molecular formula is C28H23OP. The summed E-state index contributed by atoms with van der Waals surface area (Å²) in [6.45, 7) is -2.26. The van der Waals surface area contributed by atoms with Crippen LogP contribution in [-0.2, 0) is 4.79 Å². The van der Waals surface area contributed by atoms with Crippen molar-refractivity contribution < 1.29 is 4.79 Å². The zero-order chi connectivity index (χ0) is 20.7. The van der Waals surface area contributed by atoms with Crippen molar-refractivity contribution in [1.29, 1.82) is 0 Å². The molecule has 146 valence electrons. The average Bonchev–Trinajstić information content (AvgIpc) is 2.83. The number of benzene rings is 4. The first-order valence-electron chi connectivity index (χ1n) is 9.98. The van der Waals surface area contributed by atoms with Gasteiger partial charge in [0, 0.05) is 0 Å². The number of ketones is 1. The van der Waals surface area contributed by atoms with Crippen LogP contribution in [0.25, 0.3) is 6.08 Å². The normalized spacial score (nSPS) is 11.3. The molecule has 2 heteroatoms. The van der Waals surface area contributed by atoms with E-state index in [9.17, 15) is 4.79 Å². The molecule has 0 saturated carbocycles. The Morgan fingerprint density at radius 3 is 1.30 bits per heavy atom. The summed E-state index contributed by atoms with van der Waals surface area (Å²) in [6.07, 6.45) is 3.56. The predicted molar refractivity (Wildman–Crippen MR) is 132 cm³/mol. The first-order chi connectivity index (χ1) is 14.8. The van der Waals surface area contributed by atoms with Crippen LogP contribution < -0.4 is 15.9 Å². The fourth-order valence-corrected chi connectivity index (χ4v) is 7.37. The molecule has 0 fully saturated rings. The maximum absolute atomic E-state index is 13.2. The molecule has 0 N–H and O–H groups in total. The standard InChI is InChI=1S/C28H23OP/c29-25(22-21-24-13-5-1-6-14-24)23-30(26-15-7-2-8-16-26,27-17-9-3-10-18-27)28-19-11-4-12-20-28/h1-23H. The molecule has 0 radical (unpaired) electrons. The molecule has 0 bridgehead atoms. The monoisotopic (exact) mass is 406 g/mol. The van der Waals surface area contributed by atoms with Crippen molar-refractivity contribution in [2.75, 3.05) is 0 Å². The van der Waals surface area contributed by atoms with Crippen LogP contribution in [0, 0.1) is 0 Å². The lowest BCUT2D eigenvalue weighted by molar-refractivity contribution is -0.108. The molecule has 4 aromatic carbocycles. The van der Waals surface area contributed by atoms with Crippen molar-refractivity contribution in [2.24, 2.45) is 0 Å². The topological polar surface area (TPSA) is 17.1 Å². The lowest BCUT2D eigenvalue weighted by Crippen LogP contribution is -2.28. The van der Waals surface area contributed by atoms with Gasteiger partial charge in [0.1, 0.15) is 0 Å². The summed E-state index contributed by atoms with van der Waals surface area (Å²) in [6, 6.07) is 41.1. The van der Waals surface area contributed by atoms with Gasteiger partial charge in [-0.3, -0.25) is 4.79 Å². The molecule has 0 aromatic heterocycles. The first-order valence-corrected chi connectivity index (χ1v) is 11.8. The summed E-state index contributed by atoms with van der Waals surface area (Å²) in [4.78, 5) is 13.2. The maximum atomic E-state index is 13.2. The molecule has 0 unspecified atom stereocenters. The molecule has 30 heavy (non-hydrogen) atoms. The van der Waals surface area contributed by atoms with Gasteiger partial charge in [-0.2, -0.15) is 0 Å². The minimum absolute atomic E-state index is 0.0174. The summed E-state index contributed by atoms with van der Waals surface area (Å²) in [7, 11) is 0. The van der Waals surface area contributed by atoms with Gasteiger partial charge in [-0.15, -0.1) is 0 Å². The van der Waals surface area contributed by atoms with Crippen LogP contribution >= 0.6 is 6.89 Å². The lowest BCUT2D eigenvalue weighted by Gasteiger charge is -2.28. The second-order valence-electron chi connectivity index (χ2n) is 7.00. The average molecular weight is 406 g/mol. The highest BCUT2D eigenvalue weighted by Gasteiger charge is 2.25. The second-order valence-corrected chi connectivity index (χ2v) is 10.3. The Morgan fingerprint density at radius 1 is 0.533 bits per heavy atom. The van der Waals surface area contributed by atoms with Crippen LogP contribution in [0.2, 0.25) is 0 Å². The van der Waals surface area contributed by atoms with Crippen LogP contribution in [0.3, 0.4) is 0 Å². The minimum atomic E-state index is -2.26. The fraction of sp³-hybridized carbons (Fsp3) is 0. The van der Waals surface area contributed by atoms with Gasteiger partial charge >= 0.3 is 0 Å². The molecule has 0 spiro atoms. The van der Waals surface area contributed by atoms with Gasteiger partial charge in [0.05, 0.1) is 0 Å². The van der Waals surface area contributed by atoms with Crippen molar-refractivity contribution in [2.45, 2.75) is 0 Å². The van der Waals surface area contributed by atoms with Crippen LogP contribution in [-0.4, -0.2) is 11.6 Å². The Kier molecular flexibility index (Phi) is 6.23. The van der Waals surface area contributed by atoms with Gasteiger partial charge in [0.25, 0.3) is 0 Å². The Labute approximate surface area is 178 Å². The Balaban J connectivity index is 1.94. The smallest absolute Gasteiger partial charge is 0.179 e. The summed E-state index contributed by atoms with van der Waals surface area (Å²) in [5.74, 6) is 1.97. The summed E-state index contributed by atoms with van der Waals surface area (Å²) in [5, 5.41) is 3.51. The summed E-state index contributed by atoms with van der Waals surface area (Å²) < 4.78 is 0. The molecule has 0 aliphatic heterocycles. The van der Waals surface area contributed by atoms with E-state index in [0.717, 1.165) is 5.56 Å². The number of carbonyl (C=O) groups is 1. The van der Waals surface area contributed by atoms with Gasteiger partial charge < -0.3 is 0 Å². The molecule has 0 atom stereocenters. The van der Waals surface area contributed by atoms with E-state index in [2.05, 4.69) is 36.4 Å². The predicted octanol–water partition coefficient (Wildman–Crippen LogP) is 5.07. The van der Waals surface area contributed by atoms with Crippen LogP contribution in [0.1, 0.15) is 5.56 Å². The summed E-state index contributed by atoms with van der Waals surface area (Å²) in [5.41, 5.74) is 1.02. The third-order valence-corrected chi connectivity index (χ3v) is 9.03. The number of rotatable bonds is 6. The van der Waals surface area contributed by atoms with Crippen molar-refractivity contribution in [3.05, 3.63) is 133 Å². The third kappa shape index (κ3) is 4.27. The van der Waals surface area contributed by atoms with E-state index in [-0.39, 0.29) is 5.78 Å². The second kappa shape index (κ2) is 9.39. The van der Waals surface area contributed by atoms with Crippen molar-refractivity contribution in [3.8, 4) is 0 Å². The Morgan fingerprint density at radius 2 is 0.900 bits per heavy atom. The molecule has 0 heterocycles. The van der Waals surface area contributed by atoms with Crippen molar-refractivity contribution >= 4 is 40.5 Å². The molecule has 1 nitrogen and oxygen atoms in total. The van der Waals surface area contributed by atoms with E-state index in [1.54, 1.807) is 6.08 Å². The molecule has 0 aliphatic rings. The SMILES string of the molecule is O=C(C=Cc1ccccc1)C=P(c1ccccc1)(c1ccccc1)c1ccccc1. The highest BCUT2D eigenvalue weighted by Crippen LogP contribution is 2.43. The van der Waals surface area contributed by atoms with Crippen molar-refractivity contribution in [3.63, 3.8) is 0 Å². The van der Waals surface area contributed by atoms with E-state index in [1.165, 1.54) is 15.9 Å². The third-order valence-electron chi connectivity index (χ3n) is 5.05. The maximum Gasteiger partial charge on any atom is 0.179 e. The zero-order valence-electron chi connectivity index (χ0n) is 16.6. The quantitative estimate of drug-likeness (QED) is 0.323. The first kappa shape index (κ1) is 19.9. The van der Waals surface area contributed by atoms with E-state index in [4.69, 9.17) is 0 Å². The number of allylic oxidation sites excluding steroid dienone is 1.